The topological polar surface area (TPSA) is 108 Å². The van der Waals surface area contributed by atoms with Gasteiger partial charge in [0.15, 0.2) is 0 Å². The zero-order valence-corrected chi connectivity index (χ0v) is 20.2. The second kappa shape index (κ2) is 13.2. The predicted octanol–water partition coefficient (Wildman–Crippen LogP) is 3.10. The summed E-state index contributed by atoms with van der Waals surface area (Å²) < 4.78 is 1.02. The summed E-state index contributed by atoms with van der Waals surface area (Å²) in [7, 11) is 1.53. The van der Waals surface area contributed by atoms with Crippen LogP contribution in [0.4, 0.5) is 0 Å². The monoisotopic (exact) mass is 477 g/mol. The highest BCUT2D eigenvalue weighted by Crippen LogP contribution is 2.31. The number of thioether (sulfide) groups is 1. The number of likely N-dealkylation sites (N-methyl/N-ethyl adjacent to an activating group) is 1. The van der Waals surface area contributed by atoms with Gasteiger partial charge in [-0.15, -0.1) is 23.1 Å². The minimum absolute atomic E-state index is 0.138. The van der Waals surface area contributed by atoms with E-state index in [1.165, 1.54) is 18.8 Å². The number of benzene rings is 1. The molecule has 0 radical (unpaired) electrons. The van der Waals surface area contributed by atoms with Crippen LogP contribution in [0.25, 0.3) is 0 Å². The summed E-state index contributed by atoms with van der Waals surface area (Å²) in [6.45, 7) is 3.95. The number of hydroxylamine groups is 1. The molecule has 0 spiro atoms. The van der Waals surface area contributed by atoms with Crippen molar-refractivity contribution in [1.29, 1.82) is 0 Å². The highest BCUT2D eigenvalue weighted by atomic mass is 32.2. The SMILES string of the molecule is CNC(=O)[C@H](Cc1ccccc1)NC(=O)[C@@H](CC(C)C)[C@H](CSc1cccs1)C(=O)NO. The number of carbonyl (C=O) groups is 3. The summed E-state index contributed by atoms with van der Waals surface area (Å²) in [6.07, 6.45) is 0.780. The van der Waals surface area contributed by atoms with Crippen molar-refractivity contribution < 1.29 is 19.6 Å². The first-order valence-electron chi connectivity index (χ1n) is 10.5. The number of hydrogen-bond donors (Lipinski definition) is 4. The van der Waals surface area contributed by atoms with Gasteiger partial charge in [-0.05, 0) is 29.3 Å². The third-order valence-corrected chi connectivity index (χ3v) is 7.31. The molecule has 2 rings (SSSR count). The number of amides is 3. The predicted molar refractivity (Wildman–Crippen MR) is 128 cm³/mol. The van der Waals surface area contributed by atoms with Crippen LogP contribution in [-0.4, -0.2) is 41.8 Å². The van der Waals surface area contributed by atoms with Crippen molar-refractivity contribution in [1.82, 2.24) is 16.1 Å². The van der Waals surface area contributed by atoms with Gasteiger partial charge in [0.2, 0.25) is 17.7 Å². The Balaban J connectivity index is 2.23. The van der Waals surface area contributed by atoms with Crippen LogP contribution >= 0.6 is 23.1 Å². The molecule has 3 atom stereocenters. The highest BCUT2D eigenvalue weighted by Gasteiger charge is 2.36. The van der Waals surface area contributed by atoms with Gasteiger partial charge in [-0.2, -0.15) is 0 Å². The van der Waals surface area contributed by atoms with E-state index >= 15 is 0 Å². The third-order valence-electron chi connectivity index (χ3n) is 5.06. The molecular formula is C23H31N3O4S2. The fourth-order valence-corrected chi connectivity index (χ4v) is 5.44. The number of thiophene rings is 1. The number of hydrogen-bond acceptors (Lipinski definition) is 6. The Hall–Kier alpha value is -2.36. The molecule has 4 N–H and O–H groups in total. The molecule has 32 heavy (non-hydrogen) atoms. The first kappa shape index (κ1) is 25.9. The summed E-state index contributed by atoms with van der Waals surface area (Å²) in [6, 6.07) is 12.5. The first-order chi connectivity index (χ1) is 15.3. The van der Waals surface area contributed by atoms with Crippen molar-refractivity contribution in [3.63, 3.8) is 0 Å². The van der Waals surface area contributed by atoms with Gasteiger partial charge in [0.25, 0.3) is 0 Å². The molecule has 1 heterocycles. The van der Waals surface area contributed by atoms with E-state index < -0.39 is 23.8 Å². The van der Waals surface area contributed by atoms with E-state index in [2.05, 4.69) is 10.6 Å². The Bertz CT molecular complexity index is 859. The van der Waals surface area contributed by atoms with Crippen LogP contribution in [0.15, 0.2) is 52.1 Å². The molecule has 0 aliphatic carbocycles. The van der Waals surface area contributed by atoms with E-state index in [1.54, 1.807) is 16.8 Å². The lowest BCUT2D eigenvalue weighted by Crippen LogP contribution is -2.51. The Morgan fingerprint density at radius 2 is 1.72 bits per heavy atom. The van der Waals surface area contributed by atoms with Gasteiger partial charge in [-0.3, -0.25) is 19.6 Å². The molecule has 7 nitrogen and oxygen atoms in total. The fraction of sp³-hybridized carbons (Fsp3) is 0.435. The summed E-state index contributed by atoms with van der Waals surface area (Å²) in [5.41, 5.74) is 2.64. The van der Waals surface area contributed by atoms with Gasteiger partial charge in [-0.25, -0.2) is 5.48 Å². The molecule has 0 aliphatic heterocycles. The average molecular weight is 478 g/mol. The molecule has 1 aromatic heterocycles. The van der Waals surface area contributed by atoms with Crippen molar-refractivity contribution in [2.75, 3.05) is 12.8 Å². The summed E-state index contributed by atoms with van der Waals surface area (Å²) in [5, 5.41) is 16.7. The highest BCUT2D eigenvalue weighted by molar-refractivity contribution is 8.01. The van der Waals surface area contributed by atoms with Crippen molar-refractivity contribution in [2.45, 2.75) is 36.9 Å². The quantitative estimate of drug-likeness (QED) is 0.213. The normalized spacial score (nSPS) is 13.8. The van der Waals surface area contributed by atoms with Crippen molar-refractivity contribution in [3.05, 3.63) is 53.4 Å². The molecule has 0 bridgehead atoms. The van der Waals surface area contributed by atoms with Crippen LogP contribution in [0, 0.1) is 17.8 Å². The van der Waals surface area contributed by atoms with Crippen LogP contribution < -0.4 is 16.1 Å². The number of nitrogens with one attached hydrogen (secondary N) is 3. The molecule has 0 fully saturated rings. The smallest absolute Gasteiger partial charge is 0.248 e. The number of carbonyl (C=O) groups excluding carboxylic acids is 3. The van der Waals surface area contributed by atoms with E-state index in [9.17, 15) is 19.6 Å². The van der Waals surface area contributed by atoms with E-state index in [4.69, 9.17) is 0 Å². The standard InChI is InChI=1S/C23H31N3O4S2/c1-15(2)12-17(18(22(28)26-30)14-32-20-10-7-11-31-20)21(27)25-19(23(29)24-3)13-16-8-5-4-6-9-16/h4-11,15,17-19,30H,12-14H2,1-3H3,(H,24,29)(H,25,27)(H,26,28)/t17-,18-,19-/m0/s1. The lowest BCUT2D eigenvalue weighted by molar-refractivity contribution is -0.140. The molecule has 174 valence electrons. The number of rotatable bonds is 12. The first-order valence-corrected chi connectivity index (χ1v) is 12.4. The summed E-state index contributed by atoms with van der Waals surface area (Å²) in [5.74, 6) is -2.26. The van der Waals surface area contributed by atoms with E-state index in [0.717, 1.165) is 9.77 Å². The zero-order valence-electron chi connectivity index (χ0n) is 18.5. The lowest BCUT2D eigenvalue weighted by Gasteiger charge is -2.28. The summed E-state index contributed by atoms with van der Waals surface area (Å²) >= 11 is 3.02. The molecule has 0 unspecified atom stereocenters. The second-order valence-corrected chi connectivity index (χ2v) is 10.2. The van der Waals surface area contributed by atoms with Gasteiger partial charge in [-0.1, -0.05) is 50.2 Å². The van der Waals surface area contributed by atoms with Crippen molar-refractivity contribution in [3.8, 4) is 0 Å². The molecule has 0 saturated carbocycles. The Morgan fingerprint density at radius 3 is 2.28 bits per heavy atom. The van der Waals surface area contributed by atoms with Gasteiger partial charge in [0, 0.05) is 19.2 Å². The molecular weight excluding hydrogens is 446 g/mol. The summed E-state index contributed by atoms with van der Waals surface area (Å²) in [4.78, 5) is 38.4. The lowest BCUT2D eigenvalue weighted by atomic mass is 9.84. The third kappa shape index (κ3) is 7.96. The maximum atomic E-state index is 13.4. The zero-order chi connectivity index (χ0) is 23.5. The van der Waals surface area contributed by atoms with Gasteiger partial charge in [0.1, 0.15) is 6.04 Å². The maximum Gasteiger partial charge on any atom is 0.248 e. The van der Waals surface area contributed by atoms with Gasteiger partial charge >= 0.3 is 0 Å². The van der Waals surface area contributed by atoms with E-state index in [0.29, 0.717) is 18.6 Å². The van der Waals surface area contributed by atoms with Crippen LogP contribution in [0.1, 0.15) is 25.8 Å². The molecule has 1 aromatic carbocycles. The minimum atomic E-state index is -0.771. The van der Waals surface area contributed by atoms with Crippen LogP contribution in [0.2, 0.25) is 0 Å². The molecule has 0 saturated heterocycles. The van der Waals surface area contributed by atoms with Crippen molar-refractivity contribution >= 4 is 40.8 Å². The minimum Gasteiger partial charge on any atom is -0.357 e. The second-order valence-electron chi connectivity index (χ2n) is 7.93. The Morgan fingerprint density at radius 1 is 1.00 bits per heavy atom. The Labute approximate surface area is 197 Å². The van der Waals surface area contributed by atoms with Crippen molar-refractivity contribution in [2.24, 2.45) is 17.8 Å². The van der Waals surface area contributed by atoms with Crippen LogP contribution in [0.5, 0.6) is 0 Å². The average Bonchev–Trinajstić information content (AvgIpc) is 3.31. The van der Waals surface area contributed by atoms with E-state index in [-0.39, 0.29) is 17.7 Å². The van der Waals surface area contributed by atoms with Gasteiger partial charge in [0.05, 0.1) is 16.0 Å². The Kier molecular flexibility index (Phi) is 10.7. The molecule has 0 aliphatic rings. The van der Waals surface area contributed by atoms with Crippen LogP contribution in [-0.2, 0) is 20.8 Å². The van der Waals surface area contributed by atoms with E-state index in [1.807, 2.05) is 61.7 Å². The maximum absolute atomic E-state index is 13.4. The fourth-order valence-electron chi connectivity index (χ4n) is 3.45. The van der Waals surface area contributed by atoms with Crippen LogP contribution in [0.3, 0.4) is 0 Å². The molecule has 2 aromatic rings. The molecule has 3 amide bonds. The largest absolute Gasteiger partial charge is 0.357 e. The molecule has 9 heteroatoms. The van der Waals surface area contributed by atoms with Gasteiger partial charge < -0.3 is 10.6 Å².